The van der Waals surface area contributed by atoms with Crippen molar-refractivity contribution in [1.82, 2.24) is 20.2 Å². The van der Waals surface area contributed by atoms with Crippen LogP contribution < -0.4 is 9.80 Å². The first-order valence-electron chi connectivity index (χ1n) is 15.7. The highest BCUT2D eigenvalue weighted by Crippen LogP contribution is 2.40. The highest BCUT2D eigenvalue weighted by Gasteiger charge is 2.36. The van der Waals surface area contributed by atoms with Gasteiger partial charge in [-0.05, 0) is 74.3 Å². The minimum Gasteiger partial charge on any atom is -0.381 e. The smallest absolute Gasteiger partial charge is 0.162 e. The van der Waals surface area contributed by atoms with E-state index in [1.54, 1.807) is 0 Å². The van der Waals surface area contributed by atoms with E-state index >= 15 is 0 Å². The van der Waals surface area contributed by atoms with E-state index in [9.17, 15) is 0 Å². The first-order valence-corrected chi connectivity index (χ1v) is 15.7. The Hall–Kier alpha value is -3.45. The summed E-state index contributed by atoms with van der Waals surface area (Å²) in [5.74, 6) is 2.73. The van der Waals surface area contributed by atoms with Crippen LogP contribution in [0.2, 0.25) is 0 Å². The Bertz CT molecular complexity index is 1580. The Morgan fingerprint density at radius 3 is 2.43 bits per heavy atom. The van der Waals surface area contributed by atoms with Gasteiger partial charge in [0.05, 0.1) is 23.5 Å². The van der Waals surface area contributed by atoms with Gasteiger partial charge in [0, 0.05) is 60.9 Å². The maximum atomic E-state index is 5.84. The van der Waals surface area contributed by atoms with E-state index in [1.807, 2.05) is 13.3 Å². The van der Waals surface area contributed by atoms with Crippen molar-refractivity contribution in [3.63, 3.8) is 0 Å². The molecule has 2 atom stereocenters. The molecule has 1 saturated heterocycles. The Kier molecular flexibility index (Phi) is 7.73. The highest BCUT2D eigenvalue weighted by molar-refractivity contribution is 5.95. The molecule has 2 aliphatic heterocycles. The van der Waals surface area contributed by atoms with Gasteiger partial charge in [0.2, 0.25) is 0 Å². The van der Waals surface area contributed by atoms with E-state index in [0.717, 1.165) is 60.5 Å². The second-order valence-corrected chi connectivity index (χ2v) is 13.1. The zero-order chi connectivity index (χ0) is 29.7. The van der Waals surface area contributed by atoms with Crippen molar-refractivity contribution in [3.05, 3.63) is 64.5 Å². The monoisotopic (exact) mass is 566 g/mol. The molecule has 0 aliphatic carbocycles. The fraction of sp³-hybridized carbons (Fsp3) is 0.514. The number of methoxy groups -OCH3 is 1. The molecule has 4 aromatic rings. The minimum absolute atomic E-state index is 0.272. The van der Waals surface area contributed by atoms with Gasteiger partial charge in [0.15, 0.2) is 5.82 Å². The molecule has 0 radical (unpaired) electrons. The summed E-state index contributed by atoms with van der Waals surface area (Å²) in [6.45, 7) is 17.7. The van der Waals surface area contributed by atoms with Gasteiger partial charge >= 0.3 is 0 Å². The van der Waals surface area contributed by atoms with Crippen molar-refractivity contribution in [1.29, 1.82) is 0 Å². The summed E-state index contributed by atoms with van der Waals surface area (Å²) >= 11 is 0. The van der Waals surface area contributed by atoms with Gasteiger partial charge in [0.1, 0.15) is 5.82 Å². The van der Waals surface area contributed by atoms with Crippen LogP contribution >= 0.6 is 0 Å². The first-order chi connectivity index (χ1) is 20.2. The molecule has 2 aromatic carbocycles. The van der Waals surface area contributed by atoms with Gasteiger partial charge in [-0.2, -0.15) is 5.10 Å². The third-order valence-corrected chi connectivity index (χ3v) is 9.52. The lowest BCUT2D eigenvalue weighted by Gasteiger charge is -2.45. The number of H-pyrrole nitrogens is 1. The number of benzene rings is 2. The number of anilines is 2. The Labute approximate surface area is 250 Å². The quantitative estimate of drug-likeness (QED) is 0.260. The Morgan fingerprint density at radius 2 is 1.74 bits per heavy atom. The lowest BCUT2D eigenvalue weighted by molar-refractivity contribution is 0.0611. The van der Waals surface area contributed by atoms with Gasteiger partial charge < -0.3 is 14.5 Å². The average Bonchev–Trinajstić information content (AvgIpc) is 3.45. The van der Waals surface area contributed by atoms with Crippen molar-refractivity contribution < 1.29 is 4.74 Å². The van der Waals surface area contributed by atoms with Crippen molar-refractivity contribution >= 4 is 22.4 Å². The van der Waals surface area contributed by atoms with Crippen molar-refractivity contribution in [2.45, 2.75) is 104 Å². The van der Waals surface area contributed by atoms with Crippen LogP contribution in [0.1, 0.15) is 94.2 Å². The first kappa shape index (κ1) is 28.7. The number of aryl methyl sites for hydroxylation is 1. The van der Waals surface area contributed by atoms with E-state index in [-0.39, 0.29) is 6.10 Å². The number of aromatic nitrogens is 4. The van der Waals surface area contributed by atoms with Crippen LogP contribution in [-0.4, -0.2) is 52.0 Å². The molecule has 7 heteroatoms. The molecule has 42 heavy (non-hydrogen) atoms. The SMILES string of the molecule is COC1CC(C)N(c2nc(-c3c(C(C)C)ccc4[nH]ncc34)nc3c2CN(c2cc(C(C)C)ccc2C)CC3)C(C)C1. The van der Waals surface area contributed by atoms with Crippen molar-refractivity contribution in [2.75, 3.05) is 23.5 Å². The van der Waals surface area contributed by atoms with Crippen LogP contribution in [0.15, 0.2) is 36.5 Å². The number of hydrogen-bond donors (Lipinski definition) is 1. The van der Waals surface area contributed by atoms with Crippen molar-refractivity contribution in [2.24, 2.45) is 0 Å². The number of aromatic amines is 1. The highest BCUT2D eigenvalue weighted by atomic mass is 16.5. The molecule has 0 bridgehead atoms. The zero-order valence-corrected chi connectivity index (χ0v) is 26.5. The summed E-state index contributed by atoms with van der Waals surface area (Å²) in [5.41, 5.74) is 9.84. The summed E-state index contributed by atoms with van der Waals surface area (Å²) in [7, 11) is 1.84. The molecule has 0 amide bonds. The summed E-state index contributed by atoms with van der Waals surface area (Å²) in [5, 5.41) is 8.64. The van der Waals surface area contributed by atoms with E-state index in [0.29, 0.717) is 23.9 Å². The number of piperidine rings is 1. The van der Waals surface area contributed by atoms with Crippen molar-refractivity contribution in [3.8, 4) is 11.4 Å². The molecule has 2 unspecified atom stereocenters. The molecule has 4 heterocycles. The van der Waals surface area contributed by atoms with Gasteiger partial charge in [-0.25, -0.2) is 9.97 Å². The molecule has 1 N–H and O–H groups in total. The maximum absolute atomic E-state index is 5.84. The zero-order valence-electron chi connectivity index (χ0n) is 26.5. The fourth-order valence-corrected chi connectivity index (χ4v) is 7.15. The molecule has 2 aliphatic rings. The molecule has 222 valence electrons. The number of hydrogen-bond acceptors (Lipinski definition) is 6. The average molecular weight is 567 g/mol. The van der Waals surface area contributed by atoms with Crippen LogP contribution in [0.3, 0.4) is 0 Å². The topological polar surface area (TPSA) is 70.2 Å². The van der Waals surface area contributed by atoms with Crippen LogP contribution in [0.4, 0.5) is 11.5 Å². The van der Waals surface area contributed by atoms with Crippen LogP contribution in [0, 0.1) is 6.92 Å². The lowest BCUT2D eigenvalue weighted by atomic mass is 9.92. The van der Waals surface area contributed by atoms with Gasteiger partial charge in [-0.1, -0.05) is 45.9 Å². The number of nitrogens with one attached hydrogen (secondary N) is 1. The van der Waals surface area contributed by atoms with Gasteiger partial charge in [-0.3, -0.25) is 5.10 Å². The normalized spacial score (nSPS) is 21.0. The van der Waals surface area contributed by atoms with E-state index in [1.165, 1.54) is 33.6 Å². The van der Waals surface area contributed by atoms with Gasteiger partial charge in [-0.15, -0.1) is 0 Å². The molecule has 6 rings (SSSR count). The van der Waals surface area contributed by atoms with Gasteiger partial charge in [0.25, 0.3) is 0 Å². The molecule has 0 saturated carbocycles. The number of nitrogens with zero attached hydrogens (tertiary/aromatic N) is 5. The van der Waals surface area contributed by atoms with Crippen LogP contribution in [-0.2, 0) is 17.7 Å². The number of ether oxygens (including phenoxy) is 1. The minimum atomic E-state index is 0.272. The summed E-state index contributed by atoms with van der Waals surface area (Å²) < 4.78 is 5.84. The second kappa shape index (κ2) is 11.3. The second-order valence-electron chi connectivity index (χ2n) is 13.1. The number of fused-ring (bicyclic) bond motifs is 2. The fourth-order valence-electron chi connectivity index (χ4n) is 7.15. The van der Waals surface area contributed by atoms with Crippen LogP contribution in [0.5, 0.6) is 0 Å². The predicted molar refractivity (Wildman–Crippen MR) is 173 cm³/mol. The summed E-state index contributed by atoms with van der Waals surface area (Å²) in [6.07, 6.45) is 5.07. The predicted octanol–water partition coefficient (Wildman–Crippen LogP) is 7.53. The Morgan fingerprint density at radius 1 is 0.976 bits per heavy atom. The van der Waals surface area contributed by atoms with E-state index in [4.69, 9.17) is 14.7 Å². The van der Waals surface area contributed by atoms with E-state index in [2.05, 4.69) is 98.8 Å². The summed E-state index contributed by atoms with van der Waals surface area (Å²) in [6, 6.07) is 11.9. The molecular weight excluding hydrogens is 520 g/mol. The third kappa shape index (κ3) is 5.06. The Balaban J connectivity index is 1.52. The summed E-state index contributed by atoms with van der Waals surface area (Å²) in [4.78, 5) is 16.0. The standard InChI is InChI=1S/C35H46N6O/c1-20(2)25-10-9-22(5)32(17-25)40-14-13-30-29(19-40)35(41-23(6)15-26(42-8)16-24(41)7)38-34(37-30)33-27(21(3)4)11-12-31-28(33)18-36-39-31/h9-12,17-18,20-21,23-24,26H,13-16,19H2,1-8H3,(H,36,39). The molecule has 1 fully saturated rings. The van der Waals surface area contributed by atoms with E-state index < -0.39 is 0 Å². The molecular formula is C35H46N6O. The third-order valence-electron chi connectivity index (χ3n) is 9.52. The lowest BCUT2D eigenvalue weighted by Crippen LogP contribution is -2.50. The molecule has 7 nitrogen and oxygen atoms in total. The van der Waals surface area contributed by atoms with Crippen LogP contribution in [0.25, 0.3) is 22.3 Å². The molecule has 2 aromatic heterocycles. The molecule has 0 spiro atoms. The number of rotatable bonds is 6. The largest absolute Gasteiger partial charge is 0.381 e. The maximum Gasteiger partial charge on any atom is 0.162 e.